The summed E-state index contributed by atoms with van der Waals surface area (Å²) in [6, 6.07) is 0. The van der Waals surface area contributed by atoms with Crippen LogP contribution >= 0.6 is 11.5 Å². The van der Waals surface area contributed by atoms with Crippen molar-refractivity contribution >= 4 is 11.5 Å². The van der Waals surface area contributed by atoms with Gasteiger partial charge in [0.25, 0.3) is 0 Å². The molecule has 4 heteroatoms. The average molecular weight is 130 g/mol. The molecule has 1 heterocycles. The van der Waals surface area contributed by atoms with Gasteiger partial charge in [0, 0.05) is 5.38 Å². The van der Waals surface area contributed by atoms with Crippen LogP contribution < -0.4 is 0 Å². The summed E-state index contributed by atoms with van der Waals surface area (Å²) in [7, 11) is 0. The number of aromatic nitrogens is 2. The fourth-order valence-corrected chi connectivity index (χ4v) is 0.895. The van der Waals surface area contributed by atoms with Crippen LogP contribution in [0.25, 0.3) is 0 Å². The standard InChI is InChI=1S/C4H6N2OS/c1-3(7)4-2-8-6-5-4/h2-3,7H,1H3/t3-/m1/s1. The molecule has 1 aromatic heterocycles. The van der Waals surface area contributed by atoms with E-state index >= 15 is 0 Å². The third-order valence-electron chi connectivity index (χ3n) is 0.805. The van der Waals surface area contributed by atoms with Gasteiger partial charge in [-0.05, 0) is 18.5 Å². The summed E-state index contributed by atoms with van der Waals surface area (Å²) in [5.41, 5.74) is 0.648. The molecule has 0 saturated heterocycles. The van der Waals surface area contributed by atoms with E-state index in [9.17, 15) is 0 Å². The largest absolute Gasteiger partial charge is 0.387 e. The minimum absolute atomic E-state index is 0.478. The lowest BCUT2D eigenvalue weighted by atomic mass is 10.3. The molecule has 0 aliphatic heterocycles. The Hall–Kier alpha value is -0.480. The molecule has 0 radical (unpaired) electrons. The number of aliphatic hydroxyl groups is 1. The van der Waals surface area contributed by atoms with E-state index < -0.39 is 6.10 Å². The Kier molecular flexibility index (Phi) is 1.55. The fraction of sp³-hybridized carbons (Fsp3) is 0.500. The normalized spacial score (nSPS) is 13.8. The lowest BCUT2D eigenvalue weighted by molar-refractivity contribution is 0.194. The lowest BCUT2D eigenvalue weighted by Gasteiger charge is -1.92. The highest BCUT2D eigenvalue weighted by atomic mass is 32.1. The van der Waals surface area contributed by atoms with Crippen LogP contribution in [0.2, 0.25) is 0 Å². The molecule has 0 amide bonds. The number of nitrogens with zero attached hydrogens (tertiary/aromatic N) is 2. The molecule has 0 saturated carbocycles. The molecule has 0 fully saturated rings. The van der Waals surface area contributed by atoms with E-state index in [1.165, 1.54) is 11.5 Å². The molecule has 0 unspecified atom stereocenters. The second-order valence-electron chi connectivity index (χ2n) is 1.51. The van der Waals surface area contributed by atoms with Gasteiger partial charge >= 0.3 is 0 Å². The van der Waals surface area contributed by atoms with E-state index in [2.05, 4.69) is 9.59 Å². The maximum absolute atomic E-state index is 8.82. The van der Waals surface area contributed by atoms with Crippen molar-refractivity contribution in [3.05, 3.63) is 11.1 Å². The number of aliphatic hydroxyl groups excluding tert-OH is 1. The molecule has 1 N–H and O–H groups in total. The predicted molar refractivity (Wildman–Crippen MR) is 30.5 cm³/mol. The number of rotatable bonds is 1. The molecular formula is C4H6N2OS. The van der Waals surface area contributed by atoms with E-state index in [1.54, 1.807) is 12.3 Å². The molecule has 0 spiro atoms. The zero-order valence-electron chi connectivity index (χ0n) is 4.40. The van der Waals surface area contributed by atoms with Gasteiger partial charge in [0.05, 0.1) is 6.10 Å². The first-order chi connectivity index (χ1) is 3.80. The van der Waals surface area contributed by atoms with Crippen molar-refractivity contribution in [2.45, 2.75) is 13.0 Å². The number of hydrogen-bond acceptors (Lipinski definition) is 4. The second-order valence-corrected chi connectivity index (χ2v) is 2.12. The van der Waals surface area contributed by atoms with E-state index in [-0.39, 0.29) is 0 Å². The molecule has 3 nitrogen and oxygen atoms in total. The second kappa shape index (κ2) is 2.19. The molecule has 0 aliphatic rings. The molecule has 0 bridgehead atoms. The topological polar surface area (TPSA) is 46.0 Å². The zero-order valence-corrected chi connectivity index (χ0v) is 5.22. The monoisotopic (exact) mass is 130 g/mol. The van der Waals surface area contributed by atoms with Crippen molar-refractivity contribution in [1.82, 2.24) is 9.59 Å². The van der Waals surface area contributed by atoms with Gasteiger partial charge in [-0.25, -0.2) is 0 Å². The Labute approximate surface area is 51.1 Å². The quantitative estimate of drug-likeness (QED) is 0.605. The first kappa shape index (κ1) is 5.65. The molecule has 0 aliphatic carbocycles. The van der Waals surface area contributed by atoms with Crippen molar-refractivity contribution in [1.29, 1.82) is 0 Å². The zero-order chi connectivity index (χ0) is 5.98. The highest BCUT2D eigenvalue weighted by Crippen LogP contribution is 2.07. The summed E-state index contributed by atoms with van der Waals surface area (Å²) < 4.78 is 3.58. The van der Waals surface area contributed by atoms with Crippen LogP contribution in [0.4, 0.5) is 0 Å². The molecular weight excluding hydrogens is 124 g/mol. The molecule has 44 valence electrons. The Balaban J connectivity index is 2.77. The van der Waals surface area contributed by atoms with Gasteiger partial charge in [0.2, 0.25) is 0 Å². The third-order valence-corrected chi connectivity index (χ3v) is 1.33. The van der Waals surface area contributed by atoms with Crippen LogP contribution in [-0.4, -0.2) is 14.7 Å². The first-order valence-electron chi connectivity index (χ1n) is 2.25. The van der Waals surface area contributed by atoms with Gasteiger partial charge in [0.1, 0.15) is 5.69 Å². The Bertz CT molecular complexity index is 149. The maximum atomic E-state index is 8.82. The van der Waals surface area contributed by atoms with E-state index in [1.807, 2.05) is 0 Å². The Morgan fingerprint density at radius 1 is 1.88 bits per heavy atom. The van der Waals surface area contributed by atoms with Gasteiger partial charge in [-0.15, -0.1) is 5.10 Å². The fourth-order valence-electron chi connectivity index (χ4n) is 0.354. The van der Waals surface area contributed by atoms with Gasteiger partial charge in [-0.3, -0.25) is 0 Å². The summed E-state index contributed by atoms with van der Waals surface area (Å²) >= 11 is 1.25. The summed E-state index contributed by atoms with van der Waals surface area (Å²) in [4.78, 5) is 0. The van der Waals surface area contributed by atoms with Crippen LogP contribution in [0, 0.1) is 0 Å². The average Bonchev–Trinajstić information content (AvgIpc) is 2.12. The SMILES string of the molecule is C[C@@H](O)c1csnn1. The molecule has 0 aromatic carbocycles. The smallest absolute Gasteiger partial charge is 0.104 e. The van der Waals surface area contributed by atoms with Crippen LogP contribution in [0.3, 0.4) is 0 Å². The van der Waals surface area contributed by atoms with Gasteiger partial charge in [-0.2, -0.15) is 0 Å². The van der Waals surface area contributed by atoms with Crippen molar-refractivity contribution in [2.75, 3.05) is 0 Å². The summed E-state index contributed by atoms with van der Waals surface area (Å²) in [6.07, 6.45) is -0.478. The summed E-state index contributed by atoms with van der Waals surface area (Å²) in [5.74, 6) is 0. The minimum atomic E-state index is -0.478. The van der Waals surface area contributed by atoms with Crippen molar-refractivity contribution in [3.63, 3.8) is 0 Å². The minimum Gasteiger partial charge on any atom is -0.387 e. The van der Waals surface area contributed by atoms with Gasteiger partial charge in [0.15, 0.2) is 0 Å². The van der Waals surface area contributed by atoms with Crippen LogP contribution in [0.1, 0.15) is 18.7 Å². The van der Waals surface area contributed by atoms with E-state index in [0.29, 0.717) is 5.69 Å². The maximum Gasteiger partial charge on any atom is 0.104 e. The highest BCUT2D eigenvalue weighted by molar-refractivity contribution is 7.03. The lowest BCUT2D eigenvalue weighted by Crippen LogP contribution is -1.89. The van der Waals surface area contributed by atoms with Gasteiger partial charge < -0.3 is 5.11 Å². The Morgan fingerprint density at radius 2 is 2.62 bits per heavy atom. The molecule has 1 aromatic rings. The van der Waals surface area contributed by atoms with Gasteiger partial charge in [-0.1, -0.05) is 4.49 Å². The van der Waals surface area contributed by atoms with Crippen LogP contribution in [-0.2, 0) is 0 Å². The van der Waals surface area contributed by atoms with E-state index in [0.717, 1.165) is 0 Å². The number of hydrogen-bond donors (Lipinski definition) is 1. The first-order valence-corrected chi connectivity index (χ1v) is 3.09. The van der Waals surface area contributed by atoms with Crippen LogP contribution in [0.5, 0.6) is 0 Å². The van der Waals surface area contributed by atoms with Crippen LogP contribution in [0.15, 0.2) is 5.38 Å². The van der Waals surface area contributed by atoms with Crippen molar-refractivity contribution < 1.29 is 5.11 Å². The molecule has 1 rings (SSSR count). The van der Waals surface area contributed by atoms with Crippen molar-refractivity contribution in [3.8, 4) is 0 Å². The Morgan fingerprint density at radius 3 is 2.88 bits per heavy atom. The van der Waals surface area contributed by atoms with E-state index in [4.69, 9.17) is 5.11 Å². The molecule has 8 heavy (non-hydrogen) atoms. The summed E-state index contributed by atoms with van der Waals surface area (Å²) in [6.45, 7) is 1.66. The summed E-state index contributed by atoms with van der Waals surface area (Å²) in [5, 5.41) is 14.2. The predicted octanol–water partition coefficient (Wildman–Crippen LogP) is 0.591. The van der Waals surface area contributed by atoms with Crippen molar-refractivity contribution in [2.24, 2.45) is 0 Å². The molecule has 1 atom stereocenters. The third kappa shape index (κ3) is 1.02. The highest BCUT2D eigenvalue weighted by Gasteiger charge is 2.00.